The van der Waals surface area contributed by atoms with Crippen LogP contribution in [0.4, 0.5) is 19.0 Å². The Balaban J connectivity index is 2.69. The van der Waals surface area contributed by atoms with Gasteiger partial charge in [-0.15, -0.1) is 0 Å². The quantitative estimate of drug-likeness (QED) is 0.855. The van der Waals surface area contributed by atoms with Crippen molar-refractivity contribution < 1.29 is 17.4 Å². The van der Waals surface area contributed by atoms with E-state index in [2.05, 4.69) is 5.10 Å². The molecule has 0 saturated heterocycles. The van der Waals surface area contributed by atoms with Crippen molar-refractivity contribution in [2.75, 3.05) is 11.5 Å². The van der Waals surface area contributed by atoms with Crippen LogP contribution in [0.15, 0.2) is 17.0 Å². The molecule has 0 fully saturated rings. The fraction of sp³-hybridized carbons (Fsp3) is 0.231. The van der Waals surface area contributed by atoms with E-state index in [0.29, 0.717) is 0 Å². The van der Waals surface area contributed by atoms with Crippen molar-refractivity contribution >= 4 is 39.8 Å². The Hall–Kier alpha value is -1.76. The Morgan fingerprint density at radius 3 is 2.33 bits per heavy atom. The van der Waals surface area contributed by atoms with Gasteiger partial charge in [-0.1, -0.05) is 30.1 Å². The Morgan fingerprint density at radius 1 is 1.38 bits per heavy atom. The van der Waals surface area contributed by atoms with Crippen LogP contribution in [0.3, 0.4) is 0 Å². The maximum absolute atomic E-state index is 12.9. The van der Waals surface area contributed by atoms with Gasteiger partial charge in [0.25, 0.3) is 0 Å². The van der Waals surface area contributed by atoms with Crippen LogP contribution in [-0.2, 0) is 17.0 Å². The smallest absolute Gasteiger partial charge is 0.383 e. The molecule has 0 saturated carbocycles. The van der Waals surface area contributed by atoms with E-state index in [0.717, 1.165) is 16.8 Å². The first-order valence-corrected chi connectivity index (χ1v) is 8.42. The highest BCUT2D eigenvalue weighted by Gasteiger charge is 2.36. The van der Waals surface area contributed by atoms with Crippen LogP contribution < -0.4 is 5.73 Å². The van der Waals surface area contributed by atoms with Crippen molar-refractivity contribution in [3.63, 3.8) is 0 Å². The Kier molecular flexibility index (Phi) is 5.13. The van der Waals surface area contributed by atoms with Gasteiger partial charge in [0, 0.05) is 5.75 Å². The number of nitrogens with two attached hydrogens (primary N) is 1. The normalized spacial score (nSPS) is 12.9. The second kappa shape index (κ2) is 6.63. The zero-order valence-electron chi connectivity index (χ0n) is 12.0. The molecule has 1 aromatic heterocycles. The summed E-state index contributed by atoms with van der Waals surface area (Å²) in [6.07, 6.45) is -4.73. The molecule has 0 spiro atoms. The predicted molar refractivity (Wildman–Crippen MR) is 84.7 cm³/mol. The minimum atomic E-state index is -4.73. The van der Waals surface area contributed by atoms with Gasteiger partial charge in [0.2, 0.25) is 0 Å². The second-order valence-electron chi connectivity index (χ2n) is 4.50. The molecular weight excluding hydrogens is 388 g/mol. The van der Waals surface area contributed by atoms with Gasteiger partial charge < -0.3 is 5.73 Å². The third-order valence-electron chi connectivity index (χ3n) is 3.03. The molecule has 11 heteroatoms. The molecule has 2 aromatic rings. The molecule has 128 valence electrons. The molecule has 1 unspecified atom stereocenters. The number of halogens is 5. The zero-order chi connectivity index (χ0) is 18.2. The summed E-state index contributed by atoms with van der Waals surface area (Å²) in [6.45, 7) is 1.62. The van der Waals surface area contributed by atoms with E-state index in [9.17, 15) is 17.4 Å². The summed E-state index contributed by atoms with van der Waals surface area (Å²) >= 11 is 11.4. The van der Waals surface area contributed by atoms with Crippen molar-refractivity contribution in [2.45, 2.75) is 18.0 Å². The number of benzene rings is 1. The van der Waals surface area contributed by atoms with Gasteiger partial charge in [-0.3, -0.25) is 4.21 Å². The third kappa shape index (κ3) is 3.22. The lowest BCUT2D eigenvalue weighted by atomic mass is 10.2. The van der Waals surface area contributed by atoms with Crippen molar-refractivity contribution in [3.8, 4) is 11.8 Å². The molecule has 1 aromatic carbocycles. The number of hydrogen-bond acceptors (Lipinski definition) is 4. The fourth-order valence-electron chi connectivity index (χ4n) is 2.01. The van der Waals surface area contributed by atoms with Gasteiger partial charge in [0.1, 0.15) is 16.8 Å². The highest BCUT2D eigenvalue weighted by molar-refractivity contribution is 7.85. The van der Waals surface area contributed by atoms with Gasteiger partial charge in [-0.25, -0.2) is 4.68 Å². The average Bonchev–Trinajstić information content (AvgIpc) is 2.81. The van der Waals surface area contributed by atoms with Crippen LogP contribution in [0.25, 0.3) is 5.69 Å². The fourth-order valence-corrected chi connectivity index (χ4v) is 3.61. The van der Waals surface area contributed by atoms with Gasteiger partial charge in [-0.05, 0) is 12.1 Å². The standard InChI is InChI=1S/C13H9Cl2F3N4OS/c1-2-24(23)11-9(5-19)21-22(12(11)20)6-3-7(14)10(8(15)4-6)13(16,17)18/h3-4H,2,20H2,1H3. The van der Waals surface area contributed by atoms with Crippen LogP contribution >= 0.6 is 23.2 Å². The topological polar surface area (TPSA) is 84.7 Å². The van der Waals surface area contributed by atoms with Crippen molar-refractivity contribution in [1.29, 1.82) is 5.26 Å². The highest BCUT2D eigenvalue weighted by Crippen LogP contribution is 2.41. The molecule has 0 radical (unpaired) electrons. The number of anilines is 1. The monoisotopic (exact) mass is 396 g/mol. The molecule has 0 aliphatic carbocycles. The van der Waals surface area contributed by atoms with E-state index in [-0.39, 0.29) is 27.8 Å². The molecule has 2 N–H and O–H groups in total. The summed E-state index contributed by atoms with van der Waals surface area (Å²) in [5.41, 5.74) is 4.52. The molecule has 0 amide bonds. The lowest BCUT2D eigenvalue weighted by Gasteiger charge is -2.13. The molecule has 5 nitrogen and oxygen atoms in total. The van der Waals surface area contributed by atoms with E-state index in [1.165, 1.54) is 0 Å². The van der Waals surface area contributed by atoms with E-state index < -0.39 is 32.6 Å². The molecule has 1 atom stereocenters. The number of aromatic nitrogens is 2. The summed E-state index contributed by atoms with van der Waals surface area (Å²) in [5.74, 6) is 0.0673. The van der Waals surface area contributed by atoms with Gasteiger partial charge >= 0.3 is 6.18 Å². The number of rotatable bonds is 3. The molecule has 0 bridgehead atoms. The van der Waals surface area contributed by atoms with Crippen molar-refractivity contribution in [3.05, 3.63) is 33.4 Å². The summed E-state index contributed by atoms with van der Waals surface area (Å²) in [7, 11) is -1.57. The lowest BCUT2D eigenvalue weighted by molar-refractivity contribution is -0.137. The van der Waals surface area contributed by atoms with Crippen LogP contribution in [0, 0.1) is 11.3 Å². The van der Waals surface area contributed by atoms with Crippen LogP contribution in [0.2, 0.25) is 10.0 Å². The number of nitriles is 1. The summed E-state index contributed by atoms with van der Waals surface area (Å²) in [5, 5.41) is 11.7. The van der Waals surface area contributed by atoms with Gasteiger partial charge in [0.05, 0.1) is 32.1 Å². The SMILES string of the molecule is CCS(=O)c1c(C#N)nn(-c2cc(Cl)c(C(F)(F)F)c(Cl)c2)c1N. The largest absolute Gasteiger partial charge is 0.419 e. The number of nitrogen functional groups attached to an aromatic ring is 1. The Bertz CT molecular complexity index is 850. The third-order valence-corrected chi connectivity index (χ3v) is 5.00. The lowest BCUT2D eigenvalue weighted by Crippen LogP contribution is -2.09. The molecular formula is C13H9Cl2F3N4OS. The highest BCUT2D eigenvalue weighted by atomic mass is 35.5. The van der Waals surface area contributed by atoms with Gasteiger partial charge in [-0.2, -0.15) is 23.5 Å². The Morgan fingerprint density at radius 2 is 1.92 bits per heavy atom. The van der Waals surface area contributed by atoms with Crippen LogP contribution in [0.1, 0.15) is 18.2 Å². The summed E-state index contributed by atoms with van der Waals surface area (Å²) < 4.78 is 51.7. The molecule has 2 rings (SSSR count). The van der Waals surface area contributed by atoms with Crippen LogP contribution in [-0.4, -0.2) is 19.7 Å². The van der Waals surface area contributed by atoms with E-state index in [1.54, 1.807) is 13.0 Å². The second-order valence-corrected chi connectivity index (χ2v) is 6.99. The first kappa shape index (κ1) is 18.6. The molecule has 0 aliphatic rings. The van der Waals surface area contributed by atoms with E-state index >= 15 is 0 Å². The number of alkyl halides is 3. The first-order chi connectivity index (χ1) is 11.1. The van der Waals surface area contributed by atoms with E-state index in [1.807, 2.05) is 0 Å². The molecule has 24 heavy (non-hydrogen) atoms. The zero-order valence-corrected chi connectivity index (χ0v) is 14.3. The predicted octanol–water partition coefficient (Wildman–Crippen LogP) is 3.78. The van der Waals surface area contributed by atoms with Crippen molar-refractivity contribution in [2.24, 2.45) is 0 Å². The average molecular weight is 397 g/mol. The maximum atomic E-state index is 12.9. The number of hydrogen-bond donors (Lipinski definition) is 1. The minimum Gasteiger partial charge on any atom is -0.383 e. The van der Waals surface area contributed by atoms with E-state index in [4.69, 9.17) is 34.2 Å². The minimum absolute atomic E-state index is 0.0198. The van der Waals surface area contributed by atoms with Gasteiger partial charge in [0.15, 0.2) is 5.69 Å². The number of nitrogens with zero attached hydrogens (tertiary/aromatic N) is 3. The summed E-state index contributed by atoms with van der Waals surface area (Å²) in [6, 6.07) is 3.70. The Labute approximate surface area is 147 Å². The first-order valence-electron chi connectivity index (χ1n) is 6.35. The maximum Gasteiger partial charge on any atom is 0.419 e. The van der Waals surface area contributed by atoms with Crippen LogP contribution in [0.5, 0.6) is 0 Å². The molecule has 0 aliphatic heterocycles. The molecule has 1 heterocycles. The van der Waals surface area contributed by atoms with Crippen molar-refractivity contribution in [1.82, 2.24) is 9.78 Å². The summed E-state index contributed by atoms with van der Waals surface area (Å²) in [4.78, 5) is 0.0205.